The van der Waals surface area contributed by atoms with E-state index in [4.69, 9.17) is 4.52 Å². The summed E-state index contributed by atoms with van der Waals surface area (Å²) in [6.07, 6.45) is 0.310. The van der Waals surface area contributed by atoms with Crippen LogP contribution in [0.4, 0.5) is 10.1 Å². The van der Waals surface area contributed by atoms with Crippen LogP contribution in [0, 0.1) is 12.7 Å². The van der Waals surface area contributed by atoms with Crippen LogP contribution in [-0.2, 0) is 4.79 Å². The third-order valence-electron chi connectivity index (χ3n) is 4.38. The van der Waals surface area contributed by atoms with E-state index in [-0.39, 0.29) is 23.3 Å². The number of hydrogen-bond acceptors (Lipinski definition) is 4. The van der Waals surface area contributed by atoms with Gasteiger partial charge in [0.25, 0.3) is 5.89 Å². The lowest BCUT2D eigenvalue weighted by molar-refractivity contribution is -0.117. The van der Waals surface area contributed by atoms with Gasteiger partial charge in [0.05, 0.1) is 5.56 Å². The molecule has 0 N–H and O–H groups in total. The molecule has 6 heteroatoms. The summed E-state index contributed by atoms with van der Waals surface area (Å²) in [6.45, 7) is 2.49. The quantitative estimate of drug-likeness (QED) is 0.731. The van der Waals surface area contributed by atoms with Crippen molar-refractivity contribution < 1.29 is 13.7 Å². The fraction of sp³-hybridized carbons (Fsp3) is 0.211. The highest BCUT2D eigenvalue weighted by Crippen LogP contribution is 2.32. The first kappa shape index (κ1) is 15.5. The lowest BCUT2D eigenvalue weighted by Gasteiger charge is -2.16. The van der Waals surface area contributed by atoms with Crippen LogP contribution in [0.3, 0.4) is 0 Å². The minimum absolute atomic E-state index is 0.0195. The molecule has 4 rings (SSSR count). The van der Waals surface area contributed by atoms with Crippen molar-refractivity contribution in [2.45, 2.75) is 19.3 Å². The van der Waals surface area contributed by atoms with Gasteiger partial charge in [-0.05, 0) is 31.2 Å². The van der Waals surface area contributed by atoms with Crippen LogP contribution in [0.2, 0.25) is 0 Å². The summed E-state index contributed by atoms with van der Waals surface area (Å²) in [4.78, 5) is 18.4. The molecule has 2 aromatic carbocycles. The zero-order valence-electron chi connectivity index (χ0n) is 13.6. The number of carbonyl (C=O) groups is 1. The zero-order chi connectivity index (χ0) is 17.4. The Labute approximate surface area is 144 Å². The Kier molecular flexibility index (Phi) is 3.80. The molecule has 1 atom stereocenters. The van der Waals surface area contributed by atoms with E-state index in [0.29, 0.717) is 18.8 Å². The maximum atomic E-state index is 13.8. The van der Waals surface area contributed by atoms with Gasteiger partial charge in [0.15, 0.2) is 5.82 Å². The molecular weight excluding hydrogens is 321 g/mol. The van der Waals surface area contributed by atoms with Crippen LogP contribution in [0.1, 0.15) is 23.7 Å². The molecular formula is C19H16FN3O2. The summed E-state index contributed by atoms with van der Waals surface area (Å²) < 4.78 is 19.1. The molecule has 1 unspecified atom stereocenters. The van der Waals surface area contributed by atoms with E-state index in [1.54, 1.807) is 23.1 Å². The van der Waals surface area contributed by atoms with Crippen LogP contribution in [0.15, 0.2) is 53.1 Å². The molecule has 2 heterocycles. The fourth-order valence-electron chi connectivity index (χ4n) is 3.00. The van der Waals surface area contributed by atoms with Gasteiger partial charge in [-0.3, -0.25) is 4.79 Å². The Balaban J connectivity index is 1.57. The Morgan fingerprint density at radius 3 is 2.68 bits per heavy atom. The molecule has 0 spiro atoms. The van der Waals surface area contributed by atoms with E-state index < -0.39 is 5.82 Å². The van der Waals surface area contributed by atoms with Gasteiger partial charge in [-0.15, -0.1) is 0 Å². The molecule has 0 saturated carbocycles. The lowest BCUT2D eigenvalue weighted by atomic mass is 10.1. The maximum Gasteiger partial charge on any atom is 0.260 e. The number of halogens is 1. The van der Waals surface area contributed by atoms with E-state index in [1.807, 2.05) is 31.2 Å². The second-order valence-electron chi connectivity index (χ2n) is 6.18. The summed E-state index contributed by atoms with van der Waals surface area (Å²) in [5.74, 6) is 0.00111. The first-order chi connectivity index (χ1) is 12.1. The average Bonchev–Trinajstić information content (AvgIpc) is 3.23. The number of amides is 1. The highest BCUT2D eigenvalue weighted by molar-refractivity contribution is 5.96. The van der Waals surface area contributed by atoms with E-state index >= 15 is 0 Å². The minimum atomic E-state index is -0.415. The van der Waals surface area contributed by atoms with Crippen molar-refractivity contribution in [2.24, 2.45) is 0 Å². The number of aromatic nitrogens is 2. The smallest absolute Gasteiger partial charge is 0.260 e. The van der Waals surface area contributed by atoms with Crippen LogP contribution in [0.25, 0.3) is 11.5 Å². The summed E-state index contributed by atoms with van der Waals surface area (Å²) >= 11 is 0. The van der Waals surface area contributed by atoms with Gasteiger partial charge in [0.2, 0.25) is 5.91 Å². The number of carbonyl (C=O) groups excluding carboxylic acids is 1. The van der Waals surface area contributed by atoms with Crippen LogP contribution in [-0.4, -0.2) is 22.6 Å². The fourth-order valence-corrected chi connectivity index (χ4v) is 3.00. The molecule has 3 aromatic rings. The average molecular weight is 337 g/mol. The van der Waals surface area contributed by atoms with Crippen molar-refractivity contribution >= 4 is 11.6 Å². The molecule has 0 bridgehead atoms. The van der Waals surface area contributed by atoms with Crippen molar-refractivity contribution in [3.63, 3.8) is 0 Å². The molecule has 0 aliphatic carbocycles. The molecule has 126 valence electrons. The summed E-state index contributed by atoms with van der Waals surface area (Å²) in [5.41, 5.74) is 2.26. The number of aryl methyl sites for hydroxylation is 1. The van der Waals surface area contributed by atoms with E-state index in [0.717, 1.165) is 11.3 Å². The van der Waals surface area contributed by atoms with Crippen molar-refractivity contribution in [3.05, 3.63) is 65.7 Å². The van der Waals surface area contributed by atoms with Gasteiger partial charge in [-0.1, -0.05) is 35.0 Å². The molecule has 1 aliphatic rings. The molecule has 25 heavy (non-hydrogen) atoms. The van der Waals surface area contributed by atoms with Crippen LogP contribution < -0.4 is 4.90 Å². The van der Waals surface area contributed by atoms with Crippen molar-refractivity contribution in [1.82, 2.24) is 10.1 Å². The predicted octanol–water partition coefficient (Wildman–Crippen LogP) is 3.70. The second kappa shape index (κ2) is 6.12. The van der Waals surface area contributed by atoms with E-state index in [1.165, 1.54) is 6.07 Å². The first-order valence-electron chi connectivity index (χ1n) is 8.07. The summed E-state index contributed by atoms with van der Waals surface area (Å²) in [7, 11) is 0. The summed E-state index contributed by atoms with van der Waals surface area (Å²) in [5, 5.41) is 3.96. The lowest BCUT2D eigenvalue weighted by Crippen LogP contribution is -2.24. The Bertz CT molecular complexity index is 920. The topological polar surface area (TPSA) is 59.2 Å². The largest absolute Gasteiger partial charge is 0.334 e. The Hall–Kier alpha value is -3.02. The number of benzene rings is 2. The molecule has 1 fully saturated rings. The standard InChI is InChI=1S/C19H16FN3O2/c1-12-6-8-14(9-7-12)23-11-13(10-17(23)24)18-21-19(25-22-18)15-4-2-3-5-16(15)20/h2-9,13H,10-11H2,1H3. The zero-order valence-corrected chi connectivity index (χ0v) is 13.6. The third-order valence-corrected chi connectivity index (χ3v) is 4.38. The number of nitrogens with zero attached hydrogens (tertiary/aromatic N) is 3. The third kappa shape index (κ3) is 2.91. The van der Waals surface area contributed by atoms with E-state index in [2.05, 4.69) is 10.1 Å². The number of hydrogen-bond donors (Lipinski definition) is 0. The van der Waals surface area contributed by atoms with Crippen LogP contribution in [0.5, 0.6) is 0 Å². The minimum Gasteiger partial charge on any atom is -0.334 e. The Morgan fingerprint density at radius 2 is 1.92 bits per heavy atom. The SMILES string of the molecule is Cc1ccc(N2CC(c3noc(-c4ccccc4F)n3)CC2=O)cc1. The number of rotatable bonds is 3. The molecule has 1 aliphatic heterocycles. The van der Waals surface area contributed by atoms with Gasteiger partial charge in [0.1, 0.15) is 5.82 Å². The molecule has 5 nitrogen and oxygen atoms in total. The number of anilines is 1. The van der Waals surface area contributed by atoms with Gasteiger partial charge in [0, 0.05) is 24.6 Å². The van der Waals surface area contributed by atoms with E-state index in [9.17, 15) is 9.18 Å². The summed E-state index contributed by atoms with van der Waals surface area (Å²) in [6, 6.07) is 14.0. The van der Waals surface area contributed by atoms with Gasteiger partial charge in [-0.2, -0.15) is 4.98 Å². The highest BCUT2D eigenvalue weighted by Gasteiger charge is 2.34. The molecule has 1 aromatic heterocycles. The molecule has 0 radical (unpaired) electrons. The monoisotopic (exact) mass is 337 g/mol. The van der Waals surface area contributed by atoms with Crippen molar-refractivity contribution in [1.29, 1.82) is 0 Å². The van der Waals surface area contributed by atoms with Gasteiger partial charge in [-0.25, -0.2) is 4.39 Å². The second-order valence-corrected chi connectivity index (χ2v) is 6.18. The molecule has 1 amide bonds. The van der Waals surface area contributed by atoms with Gasteiger partial charge >= 0.3 is 0 Å². The maximum absolute atomic E-state index is 13.8. The Morgan fingerprint density at radius 1 is 1.16 bits per heavy atom. The molecule has 1 saturated heterocycles. The highest BCUT2D eigenvalue weighted by atomic mass is 19.1. The predicted molar refractivity (Wildman–Crippen MR) is 90.6 cm³/mol. The van der Waals surface area contributed by atoms with Crippen molar-refractivity contribution in [3.8, 4) is 11.5 Å². The first-order valence-corrected chi connectivity index (χ1v) is 8.07. The van der Waals surface area contributed by atoms with Crippen molar-refractivity contribution in [2.75, 3.05) is 11.4 Å². The van der Waals surface area contributed by atoms with Gasteiger partial charge < -0.3 is 9.42 Å². The normalized spacial score (nSPS) is 17.3. The van der Waals surface area contributed by atoms with Crippen LogP contribution >= 0.6 is 0 Å².